The molecule has 1 saturated heterocycles. The van der Waals surface area contributed by atoms with Crippen molar-refractivity contribution < 1.29 is 18.7 Å². The lowest BCUT2D eigenvalue weighted by atomic mass is 10.1. The van der Waals surface area contributed by atoms with E-state index in [9.17, 15) is 14.0 Å². The minimum absolute atomic E-state index is 0.112. The van der Waals surface area contributed by atoms with Crippen LogP contribution in [0.4, 0.5) is 10.1 Å². The molecule has 3 rings (SSSR count). The molecule has 26 heavy (non-hydrogen) atoms. The molecule has 1 N–H and O–H groups in total. The zero-order valence-corrected chi connectivity index (χ0v) is 14.4. The van der Waals surface area contributed by atoms with Crippen LogP contribution in [0.25, 0.3) is 0 Å². The Bertz CT molecular complexity index is 777. The first-order chi connectivity index (χ1) is 12.6. The van der Waals surface area contributed by atoms with Crippen LogP contribution in [0, 0.1) is 5.82 Å². The number of hydrogen-bond donors (Lipinski definition) is 1. The molecule has 2 aromatic carbocycles. The molecule has 2 amide bonds. The summed E-state index contributed by atoms with van der Waals surface area (Å²) in [4.78, 5) is 25.3. The lowest BCUT2D eigenvalue weighted by molar-refractivity contribution is -0.123. The van der Waals surface area contributed by atoms with Gasteiger partial charge in [0.15, 0.2) is 6.61 Å². The second-order valence-corrected chi connectivity index (χ2v) is 6.12. The summed E-state index contributed by atoms with van der Waals surface area (Å²) in [7, 11) is 0. The van der Waals surface area contributed by atoms with E-state index in [1.54, 1.807) is 35.2 Å². The van der Waals surface area contributed by atoms with E-state index < -0.39 is 0 Å². The molecule has 136 valence electrons. The van der Waals surface area contributed by atoms with E-state index in [-0.39, 0.29) is 24.2 Å². The number of nitrogens with zero attached hydrogens (tertiary/aromatic N) is 1. The number of hydrogen-bond acceptors (Lipinski definition) is 3. The monoisotopic (exact) mass is 356 g/mol. The number of benzene rings is 2. The summed E-state index contributed by atoms with van der Waals surface area (Å²) in [5, 5.41) is 2.71. The number of ether oxygens (including phenoxy) is 1. The molecule has 0 aromatic heterocycles. The molecule has 0 saturated carbocycles. The minimum atomic E-state index is -0.269. The summed E-state index contributed by atoms with van der Waals surface area (Å²) in [6.45, 7) is 0.974. The van der Waals surface area contributed by atoms with Gasteiger partial charge in [-0.25, -0.2) is 4.39 Å². The van der Waals surface area contributed by atoms with Gasteiger partial charge >= 0.3 is 0 Å². The number of anilines is 1. The molecule has 0 spiro atoms. The third kappa shape index (κ3) is 4.59. The predicted octanol–water partition coefficient (Wildman–Crippen LogP) is 2.69. The molecule has 6 heteroatoms. The van der Waals surface area contributed by atoms with Crippen molar-refractivity contribution in [3.63, 3.8) is 0 Å². The molecule has 1 fully saturated rings. The highest BCUT2D eigenvalue weighted by Crippen LogP contribution is 2.23. The van der Waals surface area contributed by atoms with Gasteiger partial charge in [-0.05, 0) is 48.7 Å². The highest BCUT2D eigenvalue weighted by atomic mass is 19.1. The van der Waals surface area contributed by atoms with Crippen LogP contribution < -0.4 is 15.0 Å². The van der Waals surface area contributed by atoms with Gasteiger partial charge in [0.05, 0.1) is 0 Å². The number of carbonyl (C=O) groups is 2. The predicted molar refractivity (Wildman–Crippen MR) is 96.6 cm³/mol. The minimum Gasteiger partial charge on any atom is -0.484 e. The third-order valence-electron chi connectivity index (χ3n) is 4.27. The molecule has 0 unspecified atom stereocenters. The van der Waals surface area contributed by atoms with Gasteiger partial charge in [0.25, 0.3) is 5.91 Å². The van der Waals surface area contributed by atoms with Gasteiger partial charge in [-0.15, -0.1) is 0 Å². The highest BCUT2D eigenvalue weighted by molar-refractivity contribution is 5.95. The molecule has 1 heterocycles. The van der Waals surface area contributed by atoms with Gasteiger partial charge in [0.1, 0.15) is 11.6 Å². The molecular weight excluding hydrogens is 335 g/mol. The fourth-order valence-electron chi connectivity index (χ4n) is 2.88. The Hall–Kier alpha value is -2.89. The Labute approximate surface area is 151 Å². The Balaban J connectivity index is 1.41. The van der Waals surface area contributed by atoms with E-state index in [2.05, 4.69) is 5.32 Å². The van der Waals surface area contributed by atoms with E-state index in [1.165, 1.54) is 6.07 Å². The second kappa shape index (κ2) is 8.47. The Morgan fingerprint density at radius 2 is 1.92 bits per heavy atom. The number of rotatable bonds is 7. The molecule has 0 atom stereocenters. The van der Waals surface area contributed by atoms with Crippen LogP contribution >= 0.6 is 0 Å². The maximum atomic E-state index is 13.5. The van der Waals surface area contributed by atoms with Gasteiger partial charge < -0.3 is 15.0 Å². The fraction of sp³-hybridized carbons (Fsp3) is 0.300. The largest absolute Gasteiger partial charge is 0.484 e. The van der Waals surface area contributed by atoms with Crippen molar-refractivity contribution in [2.45, 2.75) is 19.3 Å². The molecule has 2 aromatic rings. The topological polar surface area (TPSA) is 58.6 Å². The summed E-state index contributed by atoms with van der Waals surface area (Å²) in [6.07, 6.45) is 1.90. The van der Waals surface area contributed by atoms with Gasteiger partial charge in [-0.1, -0.05) is 18.2 Å². The lowest BCUT2D eigenvalue weighted by Gasteiger charge is -2.16. The maximum absolute atomic E-state index is 13.5. The van der Waals surface area contributed by atoms with Gasteiger partial charge in [-0.3, -0.25) is 9.59 Å². The Morgan fingerprint density at radius 3 is 2.62 bits per heavy atom. The molecular formula is C20H21FN2O3. The summed E-state index contributed by atoms with van der Waals surface area (Å²) in [5.74, 6) is 0.159. The normalized spacial score (nSPS) is 13.7. The van der Waals surface area contributed by atoms with E-state index in [0.717, 1.165) is 18.7 Å². The van der Waals surface area contributed by atoms with Gasteiger partial charge in [0, 0.05) is 25.2 Å². The van der Waals surface area contributed by atoms with Gasteiger partial charge in [0.2, 0.25) is 5.91 Å². The first kappa shape index (κ1) is 17.9. The van der Waals surface area contributed by atoms with E-state index in [4.69, 9.17) is 4.74 Å². The standard InChI is InChI=1S/C20H21FN2O3/c21-18-5-2-1-4-15(18)11-12-22-19(24)14-26-17-9-7-16(8-10-17)23-13-3-6-20(23)25/h1-2,4-5,7-10H,3,6,11-14H2,(H,22,24). The number of carbonyl (C=O) groups excluding carboxylic acids is 2. The van der Waals surface area contributed by atoms with Crippen molar-refractivity contribution in [2.75, 3.05) is 24.6 Å². The number of halogens is 1. The fourth-order valence-corrected chi connectivity index (χ4v) is 2.88. The molecule has 0 radical (unpaired) electrons. The average molecular weight is 356 g/mol. The smallest absolute Gasteiger partial charge is 0.257 e. The van der Waals surface area contributed by atoms with E-state index in [0.29, 0.717) is 30.7 Å². The zero-order chi connectivity index (χ0) is 18.4. The summed E-state index contributed by atoms with van der Waals surface area (Å²) < 4.78 is 18.9. The van der Waals surface area contributed by atoms with Crippen LogP contribution in [0.15, 0.2) is 48.5 Å². The van der Waals surface area contributed by atoms with Crippen molar-refractivity contribution in [3.8, 4) is 5.75 Å². The SMILES string of the molecule is O=C(COc1ccc(N2CCCC2=O)cc1)NCCc1ccccc1F. The summed E-state index contributed by atoms with van der Waals surface area (Å²) in [5.41, 5.74) is 1.41. The van der Waals surface area contributed by atoms with Crippen LogP contribution in [0.1, 0.15) is 18.4 Å². The van der Waals surface area contributed by atoms with Crippen LogP contribution in [0.2, 0.25) is 0 Å². The van der Waals surface area contributed by atoms with Crippen molar-refractivity contribution >= 4 is 17.5 Å². The first-order valence-electron chi connectivity index (χ1n) is 8.67. The third-order valence-corrected chi connectivity index (χ3v) is 4.27. The summed E-state index contributed by atoms with van der Waals surface area (Å²) >= 11 is 0. The maximum Gasteiger partial charge on any atom is 0.257 e. The molecule has 1 aliphatic heterocycles. The zero-order valence-electron chi connectivity index (χ0n) is 14.4. The molecule has 1 aliphatic rings. The van der Waals surface area contributed by atoms with Crippen molar-refractivity contribution in [1.29, 1.82) is 0 Å². The van der Waals surface area contributed by atoms with E-state index >= 15 is 0 Å². The van der Waals surface area contributed by atoms with Gasteiger partial charge in [-0.2, -0.15) is 0 Å². The average Bonchev–Trinajstić information content (AvgIpc) is 3.08. The second-order valence-electron chi connectivity index (χ2n) is 6.12. The lowest BCUT2D eigenvalue weighted by Crippen LogP contribution is -2.30. The first-order valence-corrected chi connectivity index (χ1v) is 8.67. The van der Waals surface area contributed by atoms with E-state index in [1.807, 2.05) is 12.1 Å². The molecule has 5 nitrogen and oxygen atoms in total. The molecule has 0 bridgehead atoms. The Morgan fingerprint density at radius 1 is 1.15 bits per heavy atom. The van der Waals surface area contributed by atoms with Crippen LogP contribution in [-0.4, -0.2) is 31.5 Å². The highest BCUT2D eigenvalue weighted by Gasteiger charge is 2.21. The van der Waals surface area contributed by atoms with Crippen molar-refractivity contribution in [3.05, 3.63) is 59.9 Å². The number of nitrogens with one attached hydrogen (secondary N) is 1. The van der Waals surface area contributed by atoms with Crippen molar-refractivity contribution in [1.82, 2.24) is 5.32 Å². The quantitative estimate of drug-likeness (QED) is 0.830. The number of amides is 2. The van der Waals surface area contributed by atoms with Crippen LogP contribution in [0.3, 0.4) is 0 Å². The van der Waals surface area contributed by atoms with Crippen LogP contribution in [-0.2, 0) is 16.0 Å². The van der Waals surface area contributed by atoms with Crippen LogP contribution in [0.5, 0.6) is 5.75 Å². The Kier molecular flexibility index (Phi) is 5.84. The van der Waals surface area contributed by atoms with Crippen molar-refractivity contribution in [2.24, 2.45) is 0 Å². The molecule has 0 aliphatic carbocycles. The summed E-state index contributed by atoms with van der Waals surface area (Å²) in [6, 6.07) is 13.6.